The summed E-state index contributed by atoms with van der Waals surface area (Å²) in [5.74, 6) is 0.246. The topological polar surface area (TPSA) is 78.2 Å². The highest BCUT2D eigenvalue weighted by molar-refractivity contribution is 5.74. The molecule has 1 aromatic heterocycles. The van der Waals surface area contributed by atoms with E-state index in [1.165, 1.54) is 12.3 Å². The number of hydrogen-bond donors (Lipinski definition) is 1. The number of amides is 2. The van der Waals surface area contributed by atoms with Gasteiger partial charge >= 0.3 is 6.03 Å². The molecule has 2 aromatic rings. The van der Waals surface area contributed by atoms with Crippen LogP contribution in [0.1, 0.15) is 36.8 Å². The minimum absolute atomic E-state index is 0.134. The average molecular weight is 394 g/mol. The van der Waals surface area contributed by atoms with E-state index in [9.17, 15) is 9.18 Å². The lowest BCUT2D eigenvalue weighted by atomic mass is 9.64. The Labute approximate surface area is 169 Å². The van der Waals surface area contributed by atoms with E-state index in [-0.39, 0.29) is 23.4 Å². The van der Waals surface area contributed by atoms with Crippen LogP contribution < -0.4 is 10.1 Å². The Hall–Kier alpha value is -3.14. The summed E-state index contributed by atoms with van der Waals surface area (Å²) in [6.45, 7) is 1.51. The highest BCUT2D eigenvalue weighted by Gasteiger charge is 2.41. The van der Waals surface area contributed by atoms with Gasteiger partial charge in [-0.25, -0.2) is 14.2 Å². The first kappa shape index (κ1) is 19.2. The smallest absolute Gasteiger partial charge is 0.317 e. The minimum Gasteiger partial charge on any atom is -0.472 e. The van der Waals surface area contributed by atoms with Crippen LogP contribution in [0.5, 0.6) is 5.88 Å². The molecule has 2 heterocycles. The fraction of sp³-hybridized carbons (Fsp3) is 0.409. The van der Waals surface area contributed by atoms with Crippen LogP contribution in [0.4, 0.5) is 9.18 Å². The first-order chi connectivity index (χ1) is 14.1. The number of carbonyl (C=O) groups is 1. The van der Waals surface area contributed by atoms with Crippen molar-refractivity contribution >= 4 is 6.03 Å². The zero-order chi connectivity index (χ0) is 20.3. The fourth-order valence-corrected chi connectivity index (χ4v) is 4.09. The van der Waals surface area contributed by atoms with Gasteiger partial charge in [0.05, 0.1) is 12.1 Å². The summed E-state index contributed by atoms with van der Waals surface area (Å²) in [4.78, 5) is 18.5. The standard InChI is InChI=1S/C22H23FN4O2/c23-19-5-2-1-4-18(19)22(9-3-10-22)15-26-21(28)27-11-8-17(14-27)29-20-7-6-16(12-24)13-25-20/h1-2,4-7,13,17H,3,8-11,14-15H2,(H,26,28). The molecule has 1 aliphatic heterocycles. The van der Waals surface area contributed by atoms with Crippen LogP contribution >= 0.6 is 0 Å². The Balaban J connectivity index is 1.31. The summed E-state index contributed by atoms with van der Waals surface area (Å²) in [5, 5.41) is 11.8. The van der Waals surface area contributed by atoms with Gasteiger partial charge in [-0.05, 0) is 30.5 Å². The number of likely N-dealkylation sites (tertiary alicyclic amines) is 1. The van der Waals surface area contributed by atoms with Crippen LogP contribution in [0, 0.1) is 17.1 Å². The van der Waals surface area contributed by atoms with E-state index < -0.39 is 0 Å². The van der Waals surface area contributed by atoms with Crippen LogP contribution in [0.25, 0.3) is 0 Å². The molecule has 4 rings (SSSR count). The number of pyridine rings is 1. The molecule has 7 heteroatoms. The largest absolute Gasteiger partial charge is 0.472 e. The molecule has 6 nitrogen and oxygen atoms in total. The molecular weight excluding hydrogens is 371 g/mol. The number of benzene rings is 1. The van der Waals surface area contributed by atoms with E-state index in [1.807, 2.05) is 18.2 Å². The van der Waals surface area contributed by atoms with Gasteiger partial charge in [0, 0.05) is 37.2 Å². The predicted octanol–water partition coefficient (Wildman–Crippen LogP) is 3.38. The minimum atomic E-state index is -0.303. The molecule has 1 atom stereocenters. The predicted molar refractivity (Wildman–Crippen MR) is 105 cm³/mol. The van der Waals surface area contributed by atoms with Gasteiger partial charge in [-0.1, -0.05) is 24.6 Å². The monoisotopic (exact) mass is 394 g/mol. The van der Waals surface area contributed by atoms with Crippen molar-refractivity contribution in [1.29, 1.82) is 5.26 Å². The summed E-state index contributed by atoms with van der Waals surface area (Å²) < 4.78 is 20.1. The number of nitrogens with one attached hydrogen (secondary N) is 1. The molecule has 2 aliphatic rings. The maximum Gasteiger partial charge on any atom is 0.317 e. The van der Waals surface area contributed by atoms with Gasteiger partial charge in [0.1, 0.15) is 18.0 Å². The number of carbonyl (C=O) groups excluding carboxylic acids is 1. The van der Waals surface area contributed by atoms with Gasteiger partial charge in [-0.2, -0.15) is 5.26 Å². The summed E-state index contributed by atoms with van der Waals surface area (Å²) >= 11 is 0. The van der Waals surface area contributed by atoms with E-state index in [2.05, 4.69) is 10.3 Å². The Morgan fingerprint density at radius 3 is 2.83 bits per heavy atom. The number of urea groups is 1. The molecule has 150 valence electrons. The van der Waals surface area contributed by atoms with Gasteiger partial charge in [0.15, 0.2) is 0 Å². The lowest BCUT2D eigenvalue weighted by Gasteiger charge is -2.43. The Kier molecular flexibility index (Phi) is 5.34. The Bertz CT molecular complexity index is 921. The third kappa shape index (κ3) is 4.02. The Morgan fingerprint density at radius 2 is 2.17 bits per heavy atom. The second-order valence-corrected chi connectivity index (χ2v) is 7.74. The molecule has 1 N–H and O–H groups in total. The zero-order valence-electron chi connectivity index (χ0n) is 16.1. The van der Waals surface area contributed by atoms with Crippen molar-refractivity contribution in [2.75, 3.05) is 19.6 Å². The summed E-state index contributed by atoms with van der Waals surface area (Å²) in [6.07, 6.45) is 4.85. The van der Waals surface area contributed by atoms with E-state index in [0.29, 0.717) is 43.1 Å². The van der Waals surface area contributed by atoms with Crippen LogP contribution in [0.15, 0.2) is 42.6 Å². The third-order valence-corrected chi connectivity index (χ3v) is 5.92. The zero-order valence-corrected chi connectivity index (χ0v) is 16.1. The van der Waals surface area contributed by atoms with Crippen LogP contribution in [-0.2, 0) is 5.41 Å². The summed E-state index contributed by atoms with van der Waals surface area (Å²) in [5.41, 5.74) is 0.869. The van der Waals surface area contributed by atoms with Crippen molar-refractivity contribution in [3.63, 3.8) is 0 Å². The molecule has 0 bridgehead atoms. The average Bonchev–Trinajstić information content (AvgIpc) is 3.17. The third-order valence-electron chi connectivity index (χ3n) is 5.92. The molecular formula is C22H23FN4O2. The maximum atomic E-state index is 14.3. The quantitative estimate of drug-likeness (QED) is 0.843. The molecule has 2 fully saturated rings. The highest BCUT2D eigenvalue weighted by Crippen LogP contribution is 2.44. The molecule has 29 heavy (non-hydrogen) atoms. The van der Waals surface area contributed by atoms with Gasteiger partial charge in [-0.15, -0.1) is 0 Å². The summed E-state index contributed by atoms with van der Waals surface area (Å²) in [7, 11) is 0. The first-order valence-electron chi connectivity index (χ1n) is 9.90. The van der Waals surface area contributed by atoms with Crippen molar-refractivity contribution < 1.29 is 13.9 Å². The second kappa shape index (κ2) is 8.08. The van der Waals surface area contributed by atoms with E-state index in [0.717, 1.165) is 19.3 Å². The van der Waals surface area contributed by atoms with Gasteiger partial charge in [0.2, 0.25) is 5.88 Å². The molecule has 2 amide bonds. The van der Waals surface area contributed by atoms with Crippen molar-refractivity contribution in [1.82, 2.24) is 15.2 Å². The molecule has 1 saturated heterocycles. The number of hydrogen-bond acceptors (Lipinski definition) is 4. The normalized spacial score (nSPS) is 19.9. The fourth-order valence-electron chi connectivity index (χ4n) is 4.09. The SMILES string of the molecule is N#Cc1ccc(OC2CCN(C(=O)NCC3(c4ccccc4F)CCC3)C2)nc1. The lowest BCUT2D eigenvalue weighted by molar-refractivity contribution is 0.174. The van der Waals surface area contributed by atoms with E-state index in [4.69, 9.17) is 10.00 Å². The number of rotatable bonds is 5. The first-order valence-corrected chi connectivity index (χ1v) is 9.90. The molecule has 0 spiro atoms. The van der Waals surface area contributed by atoms with Gasteiger partial charge in [-0.3, -0.25) is 0 Å². The van der Waals surface area contributed by atoms with Crippen LogP contribution in [-0.4, -0.2) is 41.7 Å². The van der Waals surface area contributed by atoms with E-state index >= 15 is 0 Å². The van der Waals surface area contributed by atoms with Crippen molar-refractivity contribution in [2.45, 2.75) is 37.2 Å². The number of halogens is 1. The van der Waals surface area contributed by atoms with Crippen molar-refractivity contribution in [2.24, 2.45) is 0 Å². The Morgan fingerprint density at radius 1 is 1.34 bits per heavy atom. The summed E-state index contributed by atoms with van der Waals surface area (Å²) in [6, 6.07) is 12.0. The highest BCUT2D eigenvalue weighted by atomic mass is 19.1. The van der Waals surface area contributed by atoms with Gasteiger partial charge < -0.3 is 15.0 Å². The van der Waals surface area contributed by atoms with Crippen LogP contribution in [0.2, 0.25) is 0 Å². The number of nitrogens with zero attached hydrogens (tertiary/aromatic N) is 3. The number of ether oxygens (including phenoxy) is 1. The second-order valence-electron chi connectivity index (χ2n) is 7.74. The van der Waals surface area contributed by atoms with Gasteiger partial charge in [0.25, 0.3) is 0 Å². The molecule has 1 aromatic carbocycles. The molecule has 1 saturated carbocycles. The molecule has 1 unspecified atom stereocenters. The lowest BCUT2D eigenvalue weighted by Crippen LogP contribution is -2.49. The van der Waals surface area contributed by atoms with Crippen molar-refractivity contribution in [3.05, 3.63) is 59.5 Å². The van der Waals surface area contributed by atoms with Crippen LogP contribution in [0.3, 0.4) is 0 Å². The maximum absolute atomic E-state index is 14.3. The molecule has 0 radical (unpaired) electrons. The number of aromatic nitrogens is 1. The number of nitriles is 1. The molecule has 1 aliphatic carbocycles. The van der Waals surface area contributed by atoms with Crippen molar-refractivity contribution in [3.8, 4) is 11.9 Å². The van der Waals surface area contributed by atoms with E-state index in [1.54, 1.807) is 23.1 Å².